The maximum atomic E-state index is 6.06. The van der Waals surface area contributed by atoms with Crippen LogP contribution in [0.5, 0.6) is 0 Å². The number of nitrogens with one attached hydrogen (secondary N) is 1. The van der Waals surface area contributed by atoms with Gasteiger partial charge in [0.15, 0.2) is 5.13 Å². The van der Waals surface area contributed by atoms with Gasteiger partial charge in [0.05, 0.1) is 10.6 Å². The highest BCUT2D eigenvalue weighted by molar-refractivity contribution is 7.23. The minimum Gasteiger partial charge on any atom is -0.362 e. The van der Waals surface area contributed by atoms with Gasteiger partial charge >= 0.3 is 0 Å². The van der Waals surface area contributed by atoms with E-state index >= 15 is 0 Å². The van der Waals surface area contributed by atoms with Crippen LogP contribution in [0.3, 0.4) is 0 Å². The first-order chi connectivity index (χ1) is 11.8. The Bertz CT molecular complexity index is 989. The molecule has 24 heavy (non-hydrogen) atoms. The number of hydrogen-bond donors (Lipinski definition) is 1. The van der Waals surface area contributed by atoms with Gasteiger partial charge in [0.1, 0.15) is 4.83 Å². The second kappa shape index (κ2) is 6.51. The van der Waals surface area contributed by atoms with Crippen molar-refractivity contribution in [2.75, 3.05) is 11.9 Å². The summed E-state index contributed by atoms with van der Waals surface area (Å²) in [7, 11) is 0. The molecule has 4 rings (SSSR count). The summed E-state index contributed by atoms with van der Waals surface area (Å²) in [5.41, 5.74) is 3.30. The van der Waals surface area contributed by atoms with Crippen LogP contribution in [0, 0.1) is 0 Å². The number of nitrogens with zero attached hydrogens (tertiary/aromatic N) is 2. The van der Waals surface area contributed by atoms with E-state index < -0.39 is 0 Å². The summed E-state index contributed by atoms with van der Waals surface area (Å²) in [6.45, 7) is 2.94. The SMILES string of the molecule is CCNc1nc(-c2sc3ncccc3c2-c2ccc(Cl)cc2)cs1. The van der Waals surface area contributed by atoms with Crippen LogP contribution >= 0.6 is 34.3 Å². The largest absolute Gasteiger partial charge is 0.362 e. The van der Waals surface area contributed by atoms with Gasteiger partial charge in [0.25, 0.3) is 0 Å². The third-order valence-corrected chi connectivity index (χ3v) is 5.85. The van der Waals surface area contributed by atoms with Crippen molar-refractivity contribution in [1.82, 2.24) is 9.97 Å². The summed E-state index contributed by atoms with van der Waals surface area (Å²) in [6.07, 6.45) is 1.83. The minimum atomic E-state index is 0.737. The Morgan fingerprint density at radius 3 is 2.79 bits per heavy atom. The Labute approximate surface area is 153 Å². The summed E-state index contributed by atoms with van der Waals surface area (Å²) in [4.78, 5) is 11.4. The minimum absolute atomic E-state index is 0.737. The molecule has 1 aromatic carbocycles. The molecule has 0 atom stereocenters. The molecule has 0 saturated carbocycles. The molecule has 0 unspecified atom stereocenters. The van der Waals surface area contributed by atoms with Crippen LogP contribution in [0.25, 0.3) is 31.9 Å². The molecule has 0 spiro atoms. The quantitative estimate of drug-likeness (QED) is 0.466. The molecule has 0 saturated heterocycles. The molecule has 0 aliphatic rings. The number of anilines is 1. The predicted octanol–water partition coefficient (Wildman–Crippen LogP) is 6.17. The Morgan fingerprint density at radius 1 is 1.17 bits per heavy atom. The zero-order chi connectivity index (χ0) is 16.5. The highest BCUT2D eigenvalue weighted by Gasteiger charge is 2.18. The number of benzene rings is 1. The number of fused-ring (bicyclic) bond motifs is 1. The van der Waals surface area contributed by atoms with Gasteiger partial charge in [-0.15, -0.1) is 22.7 Å². The summed E-state index contributed by atoms with van der Waals surface area (Å²) in [6, 6.07) is 12.0. The van der Waals surface area contributed by atoms with Gasteiger partial charge < -0.3 is 5.32 Å². The number of thiophene rings is 1. The maximum absolute atomic E-state index is 6.06. The lowest BCUT2D eigenvalue weighted by atomic mass is 10.0. The van der Waals surface area contributed by atoms with Crippen molar-refractivity contribution in [3.05, 3.63) is 53.0 Å². The molecular formula is C18H14ClN3S2. The third kappa shape index (κ3) is 2.79. The third-order valence-electron chi connectivity index (χ3n) is 3.66. The van der Waals surface area contributed by atoms with Crippen LogP contribution in [0.4, 0.5) is 5.13 Å². The molecule has 120 valence electrons. The molecule has 0 radical (unpaired) electrons. The first-order valence-corrected chi connectivity index (χ1v) is 9.67. The van der Waals surface area contributed by atoms with Crippen molar-refractivity contribution in [2.24, 2.45) is 0 Å². The van der Waals surface area contributed by atoms with E-state index in [4.69, 9.17) is 16.6 Å². The van der Waals surface area contributed by atoms with E-state index in [1.807, 2.05) is 24.4 Å². The van der Waals surface area contributed by atoms with Crippen LogP contribution in [0.1, 0.15) is 6.92 Å². The van der Waals surface area contributed by atoms with Gasteiger partial charge in [-0.25, -0.2) is 9.97 Å². The molecule has 1 N–H and O–H groups in total. The fourth-order valence-electron chi connectivity index (χ4n) is 2.63. The highest BCUT2D eigenvalue weighted by Crippen LogP contribution is 2.44. The van der Waals surface area contributed by atoms with Crippen LogP contribution in [0.15, 0.2) is 48.0 Å². The maximum Gasteiger partial charge on any atom is 0.183 e. The van der Waals surface area contributed by atoms with Crippen LogP contribution in [0.2, 0.25) is 5.02 Å². The fourth-order valence-corrected chi connectivity index (χ4v) is 4.73. The van der Waals surface area contributed by atoms with Crippen LogP contribution < -0.4 is 5.32 Å². The van der Waals surface area contributed by atoms with Gasteiger partial charge in [0.2, 0.25) is 0 Å². The first-order valence-electron chi connectivity index (χ1n) is 7.59. The molecule has 3 aromatic heterocycles. The molecule has 0 amide bonds. The van der Waals surface area contributed by atoms with E-state index in [2.05, 4.69) is 40.8 Å². The lowest BCUT2D eigenvalue weighted by Crippen LogP contribution is -1.94. The highest BCUT2D eigenvalue weighted by atomic mass is 35.5. The van der Waals surface area contributed by atoms with E-state index in [1.54, 1.807) is 22.7 Å². The Hall–Kier alpha value is -1.95. The fraction of sp³-hybridized carbons (Fsp3) is 0.111. The lowest BCUT2D eigenvalue weighted by Gasteiger charge is -2.04. The number of pyridine rings is 1. The van der Waals surface area contributed by atoms with Gasteiger partial charge in [-0.1, -0.05) is 23.7 Å². The van der Waals surface area contributed by atoms with Crippen molar-refractivity contribution in [2.45, 2.75) is 6.92 Å². The number of aromatic nitrogens is 2. The van der Waals surface area contributed by atoms with Gasteiger partial charge in [-0.3, -0.25) is 0 Å². The summed E-state index contributed by atoms with van der Waals surface area (Å²) in [5, 5.41) is 8.21. The van der Waals surface area contributed by atoms with Crippen molar-refractivity contribution in [1.29, 1.82) is 0 Å². The number of halogens is 1. The van der Waals surface area contributed by atoms with E-state index in [0.717, 1.165) is 43.1 Å². The standard InChI is InChI=1S/C18H14ClN3S2/c1-2-20-18-22-14(10-23-18)16-15(11-5-7-12(19)8-6-11)13-4-3-9-21-17(13)24-16/h3-10H,2H2,1H3,(H,20,22). The smallest absolute Gasteiger partial charge is 0.183 e. The Morgan fingerprint density at radius 2 is 2.00 bits per heavy atom. The van der Waals surface area contributed by atoms with E-state index in [9.17, 15) is 0 Å². The van der Waals surface area contributed by atoms with E-state index in [1.165, 1.54) is 5.56 Å². The van der Waals surface area contributed by atoms with Crippen molar-refractivity contribution >= 4 is 49.6 Å². The normalized spacial score (nSPS) is 11.1. The average Bonchev–Trinajstić information content (AvgIpc) is 3.20. The number of rotatable bonds is 4. The van der Waals surface area contributed by atoms with Crippen molar-refractivity contribution in [3.63, 3.8) is 0 Å². The van der Waals surface area contributed by atoms with Crippen LogP contribution in [-0.2, 0) is 0 Å². The second-order valence-electron chi connectivity index (χ2n) is 5.24. The lowest BCUT2D eigenvalue weighted by molar-refractivity contribution is 1.19. The zero-order valence-corrected chi connectivity index (χ0v) is 15.3. The molecule has 3 nitrogen and oxygen atoms in total. The summed E-state index contributed by atoms with van der Waals surface area (Å²) in [5.74, 6) is 0. The molecular weight excluding hydrogens is 358 g/mol. The predicted molar refractivity (Wildman–Crippen MR) is 105 cm³/mol. The monoisotopic (exact) mass is 371 g/mol. The number of hydrogen-bond acceptors (Lipinski definition) is 5. The molecule has 3 heterocycles. The first kappa shape index (κ1) is 15.6. The molecule has 0 fully saturated rings. The molecule has 4 aromatic rings. The second-order valence-corrected chi connectivity index (χ2v) is 7.53. The molecule has 6 heteroatoms. The zero-order valence-electron chi connectivity index (χ0n) is 12.9. The molecule has 0 aliphatic heterocycles. The van der Waals surface area contributed by atoms with Crippen LogP contribution in [-0.4, -0.2) is 16.5 Å². The topological polar surface area (TPSA) is 37.8 Å². The molecule has 0 aliphatic carbocycles. The van der Waals surface area contributed by atoms with E-state index in [-0.39, 0.29) is 0 Å². The van der Waals surface area contributed by atoms with Gasteiger partial charge in [-0.2, -0.15) is 0 Å². The van der Waals surface area contributed by atoms with E-state index in [0.29, 0.717) is 0 Å². The van der Waals surface area contributed by atoms with Gasteiger partial charge in [0, 0.05) is 34.1 Å². The number of thiazole rings is 1. The van der Waals surface area contributed by atoms with Crippen molar-refractivity contribution in [3.8, 4) is 21.7 Å². The Balaban J connectivity index is 1.93. The average molecular weight is 372 g/mol. The Kier molecular flexibility index (Phi) is 4.22. The summed E-state index contributed by atoms with van der Waals surface area (Å²) < 4.78 is 0. The summed E-state index contributed by atoms with van der Waals surface area (Å²) >= 11 is 9.37. The molecule has 0 bridgehead atoms. The van der Waals surface area contributed by atoms with Gasteiger partial charge in [-0.05, 0) is 36.8 Å². The van der Waals surface area contributed by atoms with Crippen molar-refractivity contribution < 1.29 is 0 Å².